The fraction of sp³-hybridized carbons (Fsp3) is 0.400. The van der Waals surface area contributed by atoms with E-state index in [0.29, 0.717) is 0 Å². The summed E-state index contributed by atoms with van der Waals surface area (Å²) < 4.78 is 5.27. The Hall–Kier alpha value is -1.62. The molecule has 15 heavy (non-hydrogen) atoms. The number of hydrogen-bond donors (Lipinski definition) is 1. The Bertz CT molecular complexity index is 364. The molecule has 0 fully saturated rings. The van der Waals surface area contributed by atoms with Crippen LogP contribution in [-0.4, -0.2) is 17.6 Å². The van der Waals surface area contributed by atoms with Crippen LogP contribution in [0, 0.1) is 17.0 Å². The average molecular weight is 210 g/mol. The van der Waals surface area contributed by atoms with Crippen molar-refractivity contribution in [3.8, 4) is 5.75 Å². The van der Waals surface area contributed by atoms with E-state index in [4.69, 9.17) is 10.5 Å². The highest BCUT2D eigenvalue weighted by Crippen LogP contribution is 2.27. The van der Waals surface area contributed by atoms with Gasteiger partial charge in [-0.05, 0) is 25.5 Å². The number of rotatable bonds is 4. The molecule has 82 valence electrons. The molecule has 0 aliphatic rings. The maximum absolute atomic E-state index is 10.7. The highest BCUT2D eigenvalue weighted by Gasteiger charge is 2.14. The first-order chi connectivity index (χ1) is 7.00. The summed E-state index contributed by atoms with van der Waals surface area (Å²) in [5.74, 6) is 0.275. The summed E-state index contributed by atoms with van der Waals surface area (Å²) in [6, 6.07) is 4.61. The molecule has 0 aliphatic heterocycles. The Morgan fingerprint density at radius 2 is 2.27 bits per heavy atom. The molecule has 0 bridgehead atoms. The second kappa shape index (κ2) is 4.75. The second-order valence-electron chi connectivity index (χ2n) is 3.52. The SMILES string of the molecule is Cc1ccc([N+](=O)[O-])c(OCC(C)N)c1. The van der Waals surface area contributed by atoms with Gasteiger partial charge in [-0.1, -0.05) is 6.07 Å². The molecular formula is C10H14N2O3. The maximum atomic E-state index is 10.7. The lowest BCUT2D eigenvalue weighted by Crippen LogP contribution is -2.23. The van der Waals surface area contributed by atoms with Crippen LogP contribution in [0.25, 0.3) is 0 Å². The van der Waals surface area contributed by atoms with Crippen LogP contribution < -0.4 is 10.5 Å². The Balaban J connectivity index is 2.92. The molecule has 0 spiro atoms. The average Bonchev–Trinajstić information content (AvgIpc) is 2.14. The quantitative estimate of drug-likeness (QED) is 0.605. The van der Waals surface area contributed by atoms with Crippen molar-refractivity contribution in [1.82, 2.24) is 0 Å². The number of benzene rings is 1. The van der Waals surface area contributed by atoms with Crippen LogP contribution in [0.4, 0.5) is 5.69 Å². The van der Waals surface area contributed by atoms with E-state index in [2.05, 4.69) is 0 Å². The van der Waals surface area contributed by atoms with Gasteiger partial charge < -0.3 is 10.5 Å². The summed E-state index contributed by atoms with van der Waals surface area (Å²) in [7, 11) is 0. The molecule has 1 rings (SSSR count). The zero-order valence-corrected chi connectivity index (χ0v) is 8.77. The van der Waals surface area contributed by atoms with Gasteiger partial charge in [0.1, 0.15) is 6.61 Å². The summed E-state index contributed by atoms with van der Waals surface area (Å²) in [5.41, 5.74) is 6.40. The molecule has 5 nitrogen and oxygen atoms in total. The zero-order chi connectivity index (χ0) is 11.4. The largest absolute Gasteiger partial charge is 0.485 e. The van der Waals surface area contributed by atoms with Gasteiger partial charge in [-0.3, -0.25) is 10.1 Å². The predicted molar refractivity (Wildman–Crippen MR) is 57.0 cm³/mol. The van der Waals surface area contributed by atoms with Crippen LogP contribution in [0.5, 0.6) is 5.75 Å². The normalized spacial score (nSPS) is 12.2. The van der Waals surface area contributed by atoms with Crippen molar-refractivity contribution in [3.63, 3.8) is 0 Å². The number of aryl methyl sites for hydroxylation is 1. The van der Waals surface area contributed by atoms with Gasteiger partial charge >= 0.3 is 5.69 Å². The summed E-state index contributed by atoms with van der Waals surface area (Å²) >= 11 is 0. The lowest BCUT2D eigenvalue weighted by molar-refractivity contribution is -0.385. The highest BCUT2D eigenvalue weighted by atomic mass is 16.6. The van der Waals surface area contributed by atoms with Crippen LogP contribution in [-0.2, 0) is 0 Å². The summed E-state index contributed by atoms with van der Waals surface area (Å²) in [6.45, 7) is 3.90. The predicted octanol–water partition coefficient (Wildman–Crippen LogP) is 1.63. The Morgan fingerprint density at radius 1 is 1.60 bits per heavy atom. The molecule has 5 heteroatoms. The topological polar surface area (TPSA) is 78.4 Å². The molecule has 1 aromatic carbocycles. The number of nitro benzene ring substituents is 1. The summed E-state index contributed by atoms with van der Waals surface area (Å²) in [6.07, 6.45) is 0. The van der Waals surface area contributed by atoms with E-state index in [1.165, 1.54) is 6.07 Å². The number of nitrogens with two attached hydrogens (primary N) is 1. The minimum Gasteiger partial charge on any atom is -0.485 e. The van der Waals surface area contributed by atoms with Crippen LogP contribution in [0.2, 0.25) is 0 Å². The molecule has 0 aromatic heterocycles. The minimum absolute atomic E-state index is 0.0266. The van der Waals surface area contributed by atoms with E-state index < -0.39 is 4.92 Å². The highest BCUT2D eigenvalue weighted by molar-refractivity contribution is 5.48. The van der Waals surface area contributed by atoms with E-state index >= 15 is 0 Å². The molecule has 1 atom stereocenters. The molecule has 0 saturated heterocycles. The maximum Gasteiger partial charge on any atom is 0.310 e. The lowest BCUT2D eigenvalue weighted by atomic mass is 10.2. The third-order valence-electron chi connectivity index (χ3n) is 1.81. The van der Waals surface area contributed by atoms with Gasteiger partial charge in [-0.15, -0.1) is 0 Å². The van der Waals surface area contributed by atoms with Crippen molar-refractivity contribution in [1.29, 1.82) is 0 Å². The van der Waals surface area contributed by atoms with Gasteiger partial charge in [0, 0.05) is 12.1 Å². The third kappa shape index (κ3) is 3.21. The molecule has 0 radical (unpaired) electrons. The first kappa shape index (κ1) is 11.5. The van der Waals surface area contributed by atoms with Crippen molar-refractivity contribution >= 4 is 5.69 Å². The standard InChI is InChI=1S/C10H14N2O3/c1-7-3-4-9(12(13)14)10(5-7)15-6-8(2)11/h3-5,8H,6,11H2,1-2H3. The zero-order valence-electron chi connectivity index (χ0n) is 8.77. The Kier molecular flexibility index (Phi) is 3.62. The number of nitrogens with zero attached hydrogens (tertiary/aromatic N) is 1. The monoisotopic (exact) mass is 210 g/mol. The van der Waals surface area contributed by atoms with E-state index in [1.54, 1.807) is 19.1 Å². The smallest absolute Gasteiger partial charge is 0.310 e. The van der Waals surface area contributed by atoms with Gasteiger partial charge in [0.15, 0.2) is 5.75 Å². The molecule has 0 aliphatic carbocycles. The van der Waals surface area contributed by atoms with Crippen molar-refractivity contribution in [2.24, 2.45) is 5.73 Å². The first-order valence-corrected chi connectivity index (χ1v) is 4.64. The number of nitro groups is 1. The lowest BCUT2D eigenvalue weighted by Gasteiger charge is -2.09. The second-order valence-corrected chi connectivity index (χ2v) is 3.52. The van der Waals surface area contributed by atoms with Crippen LogP contribution in [0.15, 0.2) is 18.2 Å². The van der Waals surface area contributed by atoms with Gasteiger partial charge in [0.2, 0.25) is 0 Å². The summed E-state index contributed by atoms with van der Waals surface area (Å²) in [4.78, 5) is 10.2. The van der Waals surface area contributed by atoms with Crippen molar-refractivity contribution in [2.45, 2.75) is 19.9 Å². The number of hydrogen-bond acceptors (Lipinski definition) is 4. The van der Waals surface area contributed by atoms with Gasteiger partial charge in [0.25, 0.3) is 0 Å². The van der Waals surface area contributed by atoms with Crippen LogP contribution in [0.1, 0.15) is 12.5 Å². The first-order valence-electron chi connectivity index (χ1n) is 4.64. The van der Waals surface area contributed by atoms with Crippen molar-refractivity contribution in [3.05, 3.63) is 33.9 Å². The summed E-state index contributed by atoms with van der Waals surface area (Å²) in [5, 5.41) is 10.7. The Morgan fingerprint density at radius 3 is 2.80 bits per heavy atom. The minimum atomic E-state index is -0.462. The Labute approximate surface area is 88.0 Å². The van der Waals surface area contributed by atoms with Gasteiger partial charge in [-0.2, -0.15) is 0 Å². The van der Waals surface area contributed by atoms with E-state index in [0.717, 1.165) is 5.56 Å². The molecule has 0 heterocycles. The molecule has 2 N–H and O–H groups in total. The molecular weight excluding hydrogens is 196 g/mol. The fourth-order valence-electron chi connectivity index (χ4n) is 1.11. The van der Waals surface area contributed by atoms with Crippen molar-refractivity contribution in [2.75, 3.05) is 6.61 Å². The van der Waals surface area contributed by atoms with Gasteiger partial charge in [0.05, 0.1) is 4.92 Å². The molecule has 0 saturated carbocycles. The van der Waals surface area contributed by atoms with Crippen molar-refractivity contribution < 1.29 is 9.66 Å². The molecule has 0 amide bonds. The fourth-order valence-corrected chi connectivity index (χ4v) is 1.11. The molecule has 1 unspecified atom stereocenters. The van der Waals surface area contributed by atoms with Gasteiger partial charge in [-0.25, -0.2) is 0 Å². The van der Waals surface area contributed by atoms with Crippen LogP contribution in [0.3, 0.4) is 0 Å². The van der Waals surface area contributed by atoms with Crippen LogP contribution >= 0.6 is 0 Å². The van der Waals surface area contributed by atoms with E-state index in [1.807, 2.05) is 6.92 Å². The molecule has 1 aromatic rings. The van der Waals surface area contributed by atoms with E-state index in [-0.39, 0.29) is 24.1 Å². The number of ether oxygens (including phenoxy) is 1. The van der Waals surface area contributed by atoms with E-state index in [9.17, 15) is 10.1 Å². The third-order valence-corrected chi connectivity index (χ3v) is 1.81.